The Morgan fingerprint density at radius 1 is 1.24 bits per heavy atom. The molecule has 1 aliphatic carbocycles. The molecule has 0 aromatic heterocycles. The summed E-state index contributed by atoms with van der Waals surface area (Å²) >= 11 is 0. The number of halogens is 2. The van der Waals surface area contributed by atoms with Gasteiger partial charge in [0.1, 0.15) is 18.7 Å². The van der Waals surface area contributed by atoms with Crippen LogP contribution in [0, 0.1) is 11.6 Å². The molecule has 2 unspecified atom stereocenters. The number of carbonyl (C=O) groups is 1. The van der Waals surface area contributed by atoms with E-state index in [9.17, 15) is 18.7 Å². The lowest BCUT2D eigenvalue weighted by molar-refractivity contribution is -0.120. The van der Waals surface area contributed by atoms with E-state index < -0.39 is 29.3 Å². The minimum Gasteiger partial charge on any atom is -0.399 e. The van der Waals surface area contributed by atoms with E-state index >= 15 is 0 Å². The van der Waals surface area contributed by atoms with Gasteiger partial charge in [-0.05, 0) is 74.4 Å². The van der Waals surface area contributed by atoms with E-state index in [1.807, 2.05) is 37.3 Å². The Morgan fingerprint density at radius 3 is 2.53 bits per heavy atom. The molecular formula is C28H37F2N5O3. The van der Waals surface area contributed by atoms with Crippen LogP contribution < -0.4 is 21.5 Å². The molecular weight excluding hydrogens is 492 g/mol. The summed E-state index contributed by atoms with van der Waals surface area (Å²) in [6.07, 6.45) is 5.42. The molecule has 0 heterocycles. The zero-order valence-electron chi connectivity index (χ0n) is 22.1. The van der Waals surface area contributed by atoms with Crippen molar-refractivity contribution < 1.29 is 23.5 Å². The number of amides is 1. The molecule has 3 rings (SSSR count). The first-order valence-corrected chi connectivity index (χ1v) is 12.7. The molecule has 0 bridgehead atoms. The van der Waals surface area contributed by atoms with E-state index in [2.05, 4.69) is 15.8 Å². The first-order chi connectivity index (χ1) is 18.2. The van der Waals surface area contributed by atoms with Crippen molar-refractivity contribution in [3.63, 3.8) is 0 Å². The first kappa shape index (κ1) is 29.2. The maximum atomic E-state index is 13.8. The second kappa shape index (κ2) is 13.5. The number of aliphatic hydroxyl groups is 1. The fourth-order valence-corrected chi connectivity index (χ4v) is 4.93. The third-order valence-electron chi connectivity index (χ3n) is 6.79. The molecule has 0 aliphatic heterocycles. The number of allylic oxidation sites excluding steroid dienone is 1. The highest BCUT2D eigenvalue weighted by Gasteiger charge is 2.37. The van der Waals surface area contributed by atoms with Crippen LogP contribution in [0.2, 0.25) is 0 Å². The predicted molar refractivity (Wildman–Crippen MR) is 144 cm³/mol. The number of hydrogen-bond donors (Lipinski definition) is 4. The van der Waals surface area contributed by atoms with Crippen molar-refractivity contribution in [2.75, 3.05) is 18.7 Å². The summed E-state index contributed by atoms with van der Waals surface area (Å²) < 4.78 is 27.5. The van der Waals surface area contributed by atoms with E-state index in [0.717, 1.165) is 23.0 Å². The molecule has 0 saturated heterocycles. The lowest BCUT2D eigenvalue weighted by atomic mass is 9.75. The van der Waals surface area contributed by atoms with Crippen molar-refractivity contribution >= 4 is 17.3 Å². The molecule has 1 amide bonds. The van der Waals surface area contributed by atoms with Gasteiger partial charge in [0.2, 0.25) is 5.91 Å². The summed E-state index contributed by atoms with van der Waals surface area (Å²) in [5, 5.41) is 23.1. The molecule has 1 saturated carbocycles. The molecule has 2 atom stereocenters. The zero-order chi connectivity index (χ0) is 27.7. The molecule has 206 valence electrons. The second-order valence-electron chi connectivity index (χ2n) is 9.60. The fraction of sp³-hybridized carbons (Fsp3) is 0.429. The Labute approximate surface area is 222 Å². The summed E-state index contributed by atoms with van der Waals surface area (Å²) in [7, 11) is 1.52. The lowest BCUT2D eigenvalue weighted by Gasteiger charge is -2.40. The van der Waals surface area contributed by atoms with Crippen molar-refractivity contribution in [1.29, 1.82) is 0 Å². The maximum absolute atomic E-state index is 13.8. The third-order valence-corrected chi connectivity index (χ3v) is 6.79. The first-order valence-electron chi connectivity index (χ1n) is 12.7. The Hall–Kier alpha value is -3.34. The van der Waals surface area contributed by atoms with Crippen LogP contribution in [0.1, 0.15) is 50.7 Å². The van der Waals surface area contributed by atoms with Crippen LogP contribution in [0.3, 0.4) is 0 Å². The number of oxime groups is 1. The van der Waals surface area contributed by atoms with Crippen molar-refractivity contribution in [2.24, 2.45) is 11.0 Å². The fourth-order valence-electron chi connectivity index (χ4n) is 4.93. The highest BCUT2D eigenvalue weighted by molar-refractivity contribution is 5.85. The van der Waals surface area contributed by atoms with Gasteiger partial charge in [0.15, 0.2) is 0 Å². The number of hydrazine groups is 1. The summed E-state index contributed by atoms with van der Waals surface area (Å²) in [6, 6.07) is 10.3. The van der Waals surface area contributed by atoms with Gasteiger partial charge in [0.05, 0.1) is 23.5 Å². The van der Waals surface area contributed by atoms with E-state index in [1.165, 1.54) is 31.2 Å². The van der Waals surface area contributed by atoms with Crippen LogP contribution in [0.5, 0.6) is 0 Å². The normalized spacial score (nSPS) is 19.2. The average molecular weight is 530 g/mol. The summed E-state index contributed by atoms with van der Waals surface area (Å²) in [5.74, 6) is 4.39. The van der Waals surface area contributed by atoms with Gasteiger partial charge in [-0.25, -0.2) is 14.6 Å². The summed E-state index contributed by atoms with van der Waals surface area (Å²) in [4.78, 5) is 16.9. The number of aliphatic hydroxyl groups excluding tert-OH is 1. The molecule has 8 nitrogen and oxygen atoms in total. The molecule has 38 heavy (non-hydrogen) atoms. The molecule has 2 aromatic carbocycles. The van der Waals surface area contributed by atoms with Gasteiger partial charge in [-0.1, -0.05) is 23.4 Å². The molecule has 10 heteroatoms. The number of nitrogens with two attached hydrogens (primary N) is 1. The van der Waals surface area contributed by atoms with Crippen molar-refractivity contribution in [2.45, 2.75) is 63.6 Å². The van der Waals surface area contributed by atoms with E-state index in [1.54, 1.807) is 6.20 Å². The van der Waals surface area contributed by atoms with E-state index in [-0.39, 0.29) is 18.9 Å². The van der Waals surface area contributed by atoms with Crippen LogP contribution in [0.15, 0.2) is 59.9 Å². The highest BCUT2D eigenvalue weighted by Crippen LogP contribution is 2.37. The maximum Gasteiger partial charge on any atom is 0.217 e. The standard InChI is InChI=1S/C28H37F2N5O3/c1-4-12-35(31)25-7-5-6-21(16-25)28(10-8-24(9-11-28)34-38-3)32-18-27(37)26(33-19(2)36)15-20-13-22(29)17-23(30)14-20/h4-7,12-14,16-17,26-27,32,37H,8-11,15,18,31H2,1-3H3,(H,33,36)/b12-4-,34-24?. The summed E-state index contributed by atoms with van der Waals surface area (Å²) in [5.41, 5.74) is 2.60. The van der Waals surface area contributed by atoms with Crippen molar-refractivity contribution in [3.05, 3.63) is 77.5 Å². The number of nitrogens with one attached hydrogen (secondary N) is 2. The number of carbonyl (C=O) groups excluding carboxylic acids is 1. The monoisotopic (exact) mass is 529 g/mol. The van der Waals surface area contributed by atoms with Gasteiger partial charge in [-0.3, -0.25) is 9.80 Å². The Balaban J connectivity index is 1.85. The topological polar surface area (TPSA) is 112 Å². The molecule has 0 spiro atoms. The number of benzene rings is 2. The second-order valence-corrected chi connectivity index (χ2v) is 9.60. The molecule has 5 N–H and O–H groups in total. The largest absolute Gasteiger partial charge is 0.399 e. The van der Waals surface area contributed by atoms with Gasteiger partial charge in [0.25, 0.3) is 0 Å². The molecule has 1 fully saturated rings. The SMILES string of the molecule is C/C=C\N(N)c1cccc(C2(NCC(O)C(Cc3cc(F)cc(F)c3)NC(C)=O)CCC(=NOC)CC2)c1. The summed E-state index contributed by atoms with van der Waals surface area (Å²) in [6.45, 7) is 3.36. The zero-order valence-corrected chi connectivity index (χ0v) is 22.1. The van der Waals surface area contributed by atoms with Gasteiger partial charge in [-0.15, -0.1) is 0 Å². The molecule has 2 aromatic rings. The lowest BCUT2D eigenvalue weighted by Crippen LogP contribution is -2.53. The van der Waals surface area contributed by atoms with Crippen molar-refractivity contribution in [1.82, 2.24) is 10.6 Å². The van der Waals surface area contributed by atoms with Gasteiger partial charge in [0, 0.05) is 31.3 Å². The third kappa shape index (κ3) is 7.83. The molecule has 1 aliphatic rings. The quantitative estimate of drug-likeness (QED) is 0.261. The number of hydrogen-bond acceptors (Lipinski definition) is 7. The van der Waals surface area contributed by atoms with Gasteiger partial charge < -0.3 is 20.6 Å². The Bertz CT molecular complexity index is 1130. The van der Waals surface area contributed by atoms with E-state index in [0.29, 0.717) is 31.2 Å². The smallest absolute Gasteiger partial charge is 0.217 e. The highest BCUT2D eigenvalue weighted by atomic mass is 19.1. The molecule has 0 radical (unpaired) electrons. The number of nitrogens with zero attached hydrogens (tertiary/aromatic N) is 2. The van der Waals surface area contributed by atoms with Crippen LogP contribution >= 0.6 is 0 Å². The Morgan fingerprint density at radius 2 is 1.92 bits per heavy atom. The van der Waals surface area contributed by atoms with Crippen LogP contribution in [0.25, 0.3) is 0 Å². The van der Waals surface area contributed by atoms with E-state index in [4.69, 9.17) is 10.7 Å². The number of rotatable bonds is 11. The predicted octanol–water partition coefficient (Wildman–Crippen LogP) is 3.65. The average Bonchev–Trinajstić information content (AvgIpc) is 2.87. The van der Waals surface area contributed by atoms with Gasteiger partial charge in [-0.2, -0.15) is 0 Å². The minimum absolute atomic E-state index is 0.0652. The van der Waals surface area contributed by atoms with Crippen LogP contribution in [-0.2, 0) is 21.6 Å². The Kier molecular flexibility index (Phi) is 10.3. The van der Waals surface area contributed by atoms with Gasteiger partial charge >= 0.3 is 0 Å². The van der Waals surface area contributed by atoms with Crippen molar-refractivity contribution in [3.8, 4) is 0 Å². The number of anilines is 1. The minimum atomic E-state index is -1.03. The van der Waals surface area contributed by atoms with Crippen LogP contribution in [-0.4, -0.2) is 42.5 Å². The van der Waals surface area contributed by atoms with Crippen LogP contribution in [0.4, 0.5) is 14.5 Å².